The number of aliphatic hydroxyl groups excluding tert-OH is 1. The maximum absolute atomic E-state index is 9.22. The molecule has 0 aromatic carbocycles. The third kappa shape index (κ3) is 5.84. The summed E-state index contributed by atoms with van der Waals surface area (Å²) < 4.78 is 0. The Morgan fingerprint density at radius 1 is 1.33 bits per heavy atom. The van der Waals surface area contributed by atoms with Crippen LogP contribution in [0.5, 0.6) is 0 Å². The minimum atomic E-state index is -0.0602. The van der Waals surface area contributed by atoms with E-state index < -0.39 is 0 Å². The fourth-order valence-electron chi connectivity index (χ4n) is 0.995. The van der Waals surface area contributed by atoms with Gasteiger partial charge in [-0.05, 0) is 18.8 Å². The van der Waals surface area contributed by atoms with E-state index in [1.165, 1.54) is 0 Å². The molecular formula is C8H18O. The molecule has 0 aromatic rings. The first-order valence-corrected chi connectivity index (χ1v) is 3.84. The smallest absolute Gasteiger partial charge is 0.0542 e. The van der Waals surface area contributed by atoms with E-state index in [1.807, 2.05) is 0 Å². The second kappa shape index (κ2) is 4.80. The summed E-state index contributed by atoms with van der Waals surface area (Å²) in [6, 6.07) is 0. The van der Waals surface area contributed by atoms with Crippen molar-refractivity contribution in [2.45, 2.75) is 46.1 Å². The highest BCUT2D eigenvalue weighted by molar-refractivity contribution is 4.56. The standard InChI is InChI=1S/C8H18O/c1-4-5-8(9)6-7(2)3/h7-9H,4-6H2,1-3H3. The molecule has 56 valence electrons. The molecule has 0 radical (unpaired) electrons. The lowest BCUT2D eigenvalue weighted by atomic mass is 10.0. The largest absolute Gasteiger partial charge is 0.393 e. The summed E-state index contributed by atoms with van der Waals surface area (Å²) in [6.07, 6.45) is 2.94. The molecular weight excluding hydrogens is 112 g/mol. The van der Waals surface area contributed by atoms with Crippen LogP contribution in [0.2, 0.25) is 0 Å². The minimum absolute atomic E-state index is 0.0602. The number of aliphatic hydroxyl groups is 1. The molecule has 1 N–H and O–H groups in total. The molecule has 0 aliphatic carbocycles. The van der Waals surface area contributed by atoms with Gasteiger partial charge in [0.15, 0.2) is 0 Å². The summed E-state index contributed by atoms with van der Waals surface area (Å²) in [5.74, 6) is 0.631. The van der Waals surface area contributed by atoms with Crippen molar-refractivity contribution in [1.82, 2.24) is 0 Å². The van der Waals surface area contributed by atoms with Gasteiger partial charge in [0.2, 0.25) is 0 Å². The average molecular weight is 130 g/mol. The fraction of sp³-hybridized carbons (Fsp3) is 1.00. The van der Waals surface area contributed by atoms with Crippen molar-refractivity contribution >= 4 is 0 Å². The van der Waals surface area contributed by atoms with Gasteiger partial charge in [-0.2, -0.15) is 0 Å². The lowest BCUT2D eigenvalue weighted by Gasteiger charge is -2.10. The second-order valence-electron chi connectivity index (χ2n) is 3.07. The highest BCUT2D eigenvalue weighted by Crippen LogP contribution is 2.08. The normalized spacial score (nSPS) is 14.3. The van der Waals surface area contributed by atoms with E-state index in [2.05, 4.69) is 20.8 Å². The predicted molar refractivity (Wildman–Crippen MR) is 40.4 cm³/mol. The van der Waals surface area contributed by atoms with Crippen LogP contribution < -0.4 is 0 Å². The molecule has 0 saturated heterocycles. The summed E-state index contributed by atoms with van der Waals surface area (Å²) in [5, 5.41) is 9.22. The quantitative estimate of drug-likeness (QED) is 0.618. The van der Waals surface area contributed by atoms with Crippen LogP contribution in [0.3, 0.4) is 0 Å². The van der Waals surface area contributed by atoms with E-state index in [0.717, 1.165) is 19.3 Å². The van der Waals surface area contributed by atoms with Gasteiger partial charge in [0.1, 0.15) is 0 Å². The summed E-state index contributed by atoms with van der Waals surface area (Å²) in [5.41, 5.74) is 0. The Labute approximate surface area is 58.1 Å². The average Bonchev–Trinajstić information content (AvgIpc) is 1.63. The Kier molecular flexibility index (Phi) is 4.78. The first-order valence-electron chi connectivity index (χ1n) is 3.84. The summed E-state index contributed by atoms with van der Waals surface area (Å²) >= 11 is 0. The highest BCUT2D eigenvalue weighted by atomic mass is 16.3. The van der Waals surface area contributed by atoms with Crippen LogP contribution in [0.1, 0.15) is 40.0 Å². The van der Waals surface area contributed by atoms with Gasteiger partial charge in [0.05, 0.1) is 6.10 Å². The van der Waals surface area contributed by atoms with Crippen LogP contribution in [0.15, 0.2) is 0 Å². The third-order valence-electron chi connectivity index (χ3n) is 1.37. The van der Waals surface area contributed by atoms with E-state index in [1.54, 1.807) is 0 Å². The van der Waals surface area contributed by atoms with Crippen LogP contribution >= 0.6 is 0 Å². The second-order valence-corrected chi connectivity index (χ2v) is 3.07. The van der Waals surface area contributed by atoms with Gasteiger partial charge < -0.3 is 5.11 Å². The molecule has 1 unspecified atom stereocenters. The van der Waals surface area contributed by atoms with Gasteiger partial charge in [-0.15, -0.1) is 0 Å². The van der Waals surface area contributed by atoms with E-state index >= 15 is 0 Å². The molecule has 0 saturated carbocycles. The molecule has 0 aliphatic rings. The molecule has 0 aliphatic heterocycles. The Morgan fingerprint density at radius 2 is 1.89 bits per heavy atom. The van der Waals surface area contributed by atoms with Gasteiger partial charge in [-0.3, -0.25) is 0 Å². The Balaban J connectivity index is 3.15. The molecule has 0 fully saturated rings. The van der Waals surface area contributed by atoms with E-state index in [9.17, 15) is 5.11 Å². The molecule has 0 heterocycles. The van der Waals surface area contributed by atoms with E-state index in [0.29, 0.717) is 5.92 Å². The number of hydrogen-bond acceptors (Lipinski definition) is 1. The van der Waals surface area contributed by atoms with Crippen molar-refractivity contribution in [3.8, 4) is 0 Å². The topological polar surface area (TPSA) is 20.2 Å². The molecule has 0 bridgehead atoms. The van der Waals surface area contributed by atoms with Crippen molar-refractivity contribution in [3.05, 3.63) is 0 Å². The SMILES string of the molecule is CCCC(O)CC(C)C. The monoisotopic (exact) mass is 130 g/mol. The van der Waals surface area contributed by atoms with E-state index in [-0.39, 0.29) is 6.10 Å². The number of hydrogen-bond donors (Lipinski definition) is 1. The van der Waals surface area contributed by atoms with Crippen molar-refractivity contribution in [2.24, 2.45) is 5.92 Å². The van der Waals surface area contributed by atoms with Crippen LogP contribution in [0.4, 0.5) is 0 Å². The van der Waals surface area contributed by atoms with Gasteiger partial charge in [-0.25, -0.2) is 0 Å². The number of rotatable bonds is 4. The summed E-state index contributed by atoms with van der Waals surface area (Å²) in [7, 11) is 0. The van der Waals surface area contributed by atoms with Crippen LogP contribution in [0.25, 0.3) is 0 Å². The molecule has 0 rings (SSSR count). The van der Waals surface area contributed by atoms with Crippen molar-refractivity contribution in [3.63, 3.8) is 0 Å². The molecule has 1 nitrogen and oxygen atoms in total. The van der Waals surface area contributed by atoms with Crippen LogP contribution in [0, 0.1) is 5.92 Å². The lowest BCUT2D eigenvalue weighted by molar-refractivity contribution is 0.138. The molecule has 9 heavy (non-hydrogen) atoms. The predicted octanol–water partition coefficient (Wildman–Crippen LogP) is 2.19. The molecule has 1 atom stereocenters. The Bertz CT molecular complexity index is 59.6. The summed E-state index contributed by atoms with van der Waals surface area (Å²) in [4.78, 5) is 0. The van der Waals surface area contributed by atoms with Crippen LogP contribution in [-0.2, 0) is 0 Å². The molecule has 0 spiro atoms. The van der Waals surface area contributed by atoms with Gasteiger partial charge in [0.25, 0.3) is 0 Å². The zero-order chi connectivity index (χ0) is 7.28. The first kappa shape index (κ1) is 8.96. The van der Waals surface area contributed by atoms with Gasteiger partial charge in [0, 0.05) is 0 Å². The molecule has 0 amide bonds. The zero-order valence-corrected chi connectivity index (χ0v) is 6.72. The lowest BCUT2D eigenvalue weighted by Crippen LogP contribution is -2.08. The fourth-order valence-corrected chi connectivity index (χ4v) is 0.995. The van der Waals surface area contributed by atoms with Gasteiger partial charge >= 0.3 is 0 Å². The third-order valence-corrected chi connectivity index (χ3v) is 1.37. The molecule has 0 aromatic heterocycles. The Morgan fingerprint density at radius 3 is 2.22 bits per heavy atom. The van der Waals surface area contributed by atoms with Crippen molar-refractivity contribution < 1.29 is 5.11 Å². The first-order chi connectivity index (χ1) is 4.16. The Hall–Kier alpha value is -0.0400. The zero-order valence-electron chi connectivity index (χ0n) is 6.72. The molecule has 1 heteroatoms. The van der Waals surface area contributed by atoms with Crippen molar-refractivity contribution in [2.75, 3.05) is 0 Å². The van der Waals surface area contributed by atoms with Gasteiger partial charge in [-0.1, -0.05) is 27.2 Å². The minimum Gasteiger partial charge on any atom is -0.393 e. The van der Waals surface area contributed by atoms with Crippen LogP contribution in [-0.4, -0.2) is 11.2 Å². The maximum atomic E-state index is 9.22. The maximum Gasteiger partial charge on any atom is 0.0542 e. The highest BCUT2D eigenvalue weighted by Gasteiger charge is 2.03. The van der Waals surface area contributed by atoms with E-state index in [4.69, 9.17) is 0 Å². The van der Waals surface area contributed by atoms with Crippen molar-refractivity contribution in [1.29, 1.82) is 0 Å². The summed E-state index contributed by atoms with van der Waals surface area (Å²) in [6.45, 7) is 6.38.